The first-order valence-corrected chi connectivity index (χ1v) is 6.48. The molecule has 3 heteroatoms. The Morgan fingerprint density at radius 2 is 2.31 bits per heavy atom. The van der Waals surface area contributed by atoms with Gasteiger partial charge < -0.3 is 10.2 Å². The molecule has 1 unspecified atom stereocenters. The number of unbranched alkanes of at least 4 members (excludes halogenated alkanes) is 2. The minimum atomic E-state index is 0.733. The molecule has 1 N–H and O–H groups in total. The highest BCUT2D eigenvalue weighted by molar-refractivity contribution is 7.99. The molecule has 0 radical (unpaired) electrons. The molecule has 0 aromatic heterocycles. The largest absolute Gasteiger partial charge is 0.305 e. The maximum atomic E-state index is 3.50. The summed E-state index contributed by atoms with van der Waals surface area (Å²) < 4.78 is 0. The summed E-state index contributed by atoms with van der Waals surface area (Å²) in [4.78, 5) is 2.46. The van der Waals surface area contributed by atoms with Crippen LogP contribution >= 0.6 is 11.8 Å². The molecule has 0 bridgehead atoms. The van der Waals surface area contributed by atoms with Crippen LogP contribution in [0.3, 0.4) is 0 Å². The van der Waals surface area contributed by atoms with Crippen LogP contribution in [-0.4, -0.2) is 42.7 Å². The van der Waals surface area contributed by atoms with Gasteiger partial charge in [-0.3, -0.25) is 0 Å². The van der Waals surface area contributed by atoms with Gasteiger partial charge in [-0.05, 0) is 20.0 Å². The normalized spacial score (nSPS) is 22.8. The predicted molar refractivity (Wildman–Crippen MR) is 61.3 cm³/mol. The molecule has 1 heterocycles. The quantitative estimate of drug-likeness (QED) is 0.661. The highest BCUT2D eigenvalue weighted by Crippen LogP contribution is 2.10. The summed E-state index contributed by atoms with van der Waals surface area (Å²) in [5.41, 5.74) is 0. The van der Waals surface area contributed by atoms with Crippen LogP contribution in [0.15, 0.2) is 0 Å². The van der Waals surface area contributed by atoms with Crippen LogP contribution in [0.4, 0.5) is 0 Å². The van der Waals surface area contributed by atoms with Gasteiger partial charge in [-0.1, -0.05) is 19.8 Å². The molecule has 1 aliphatic heterocycles. The molecule has 0 saturated carbocycles. The number of likely N-dealkylation sites (N-methyl/N-ethyl adjacent to an activating group) is 1. The third-order valence-electron chi connectivity index (χ3n) is 2.47. The number of thioether (sulfide) groups is 1. The highest BCUT2D eigenvalue weighted by atomic mass is 32.2. The van der Waals surface area contributed by atoms with Crippen LogP contribution in [0.5, 0.6) is 0 Å². The van der Waals surface area contributed by atoms with E-state index in [9.17, 15) is 0 Å². The van der Waals surface area contributed by atoms with Gasteiger partial charge in [-0.15, -0.1) is 11.8 Å². The second-order valence-electron chi connectivity index (χ2n) is 3.89. The van der Waals surface area contributed by atoms with Gasteiger partial charge in [0.1, 0.15) is 0 Å². The number of rotatable bonds is 6. The van der Waals surface area contributed by atoms with Crippen LogP contribution < -0.4 is 5.32 Å². The van der Waals surface area contributed by atoms with Gasteiger partial charge in [0.15, 0.2) is 0 Å². The molecule has 1 atom stereocenters. The van der Waals surface area contributed by atoms with Gasteiger partial charge in [0, 0.05) is 24.2 Å². The molecule has 78 valence electrons. The average Bonchev–Trinajstić information content (AvgIpc) is 2.57. The first kappa shape index (κ1) is 11.3. The zero-order valence-corrected chi connectivity index (χ0v) is 9.70. The maximum absolute atomic E-state index is 3.50. The molecule has 0 aromatic carbocycles. The van der Waals surface area contributed by atoms with Crippen LogP contribution in [-0.2, 0) is 0 Å². The van der Waals surface area contributed by atoms with Gasteiger partial charge >= 0.3 is 0 Å². The van der Waals surface area contributed by atoms with E-state index in [4.69, 9.17) is 0 Å². The van der Waals surface area contributed by atoms with Gasteiger partial charge in [-0.25, -0.2) is 0 Å². The molecule has 1 fully saturated rings. The fraction of sp³-hybridized carbons (Fsp3) is 1.00. The highest BCUT2D eigenvalue weighted by Gasteiger charge is 2.15. The SMILES string of the molecule is CCCCCN(C)CC1CSCN1. The summed E-state index contributed by atoms with van der Waals surface area (Å²) >= 11 is 2.01. The Morgan fingerprint density at radius 3 is 2.92 bits per heavy atom. The minimum absolute atomic E-state index is 0.733. The van der Waals surface area contributed by atoms with Crippen LogP contribution in [0.1, 0.15) is 26.2 Å². The molecule has 1 saturated heterocycles. The lowest BCUT2D eigenvalue weighted by Gasteiger charge is -2.20. The van der Waals surface area contributed by atoms with E-state index in [1.165, 1.54) is 38.1 Å². The zero-order valence-electron chi connectivity index (χ0n) is 8.88. The molecule has 0 spiro atoms. The topological polar surface area (TPSA) is 15.3 Å². The zero-order chi connectivity index (χ0) is 9.52. The van der Waals surface area contributed by atoms with Crippen LogP contribution in [0.2, 0.25) is 0 Å². The van der Waals surface area contributed by atoms with E-state index in [2.05, 4.69) is 24.2 Å². The van der Waals surface area contributed by atoms with E-state index < -0.39 is 0 Å². The minimum Gasteiger partial charge on any atom is -0.305 e. The third kappa shape index (κ3) is 4.89. The Labute approximate surface area is 86.5 Å². The Bertz CT molecular complexity index is 124. The first-order chi connectivity index (χ1) is 6.33. The van der Waals surface area contributed by atoms with Crippen molar-refractivity contribution in [2.75, 3.05) is 31.8 Å². The van der Waals surface area contributed by atoms with Crippen molar-refractivity contribution in [2.24, 2.45) is 0 Å². The van der Waals surface area contributed by atoms with E-state index >= 15 is 0 Å². The van der Waals surface area contributed by atoms with Crippen LogP contribution in [0.25, 0.3) is 0 Å². The number of hydrogen-bond donors (Lipinski definition) is 1. The molecule has 1 aliphatic rings. The lowest BCUT2D eigenvalue weighted by atomic mass is 10.2. The van der Waals surface area contributed by atoms with E-state index in [1.54, 1.807) is 0 Å². The summed E-state index contributed by atoms with van der Waals surface area (Å²) in [6.45, 7) is 4.74. The summed E-state index contributed by atoms with van der Waals surface area (Å²) in [5, 5.41) is 3.50. The number of nitrogens with zero attached hydrogens (tertiary/aromatic N) is 1. The van der Waals surface area contributed by atoms with Gasteiger partial charge in [0.05, 0.1) is 0 Å². The Balaban J connectivity index is 1.99. The first-order valence-electron chi connectivity index (χ1n) is 5.32. The number of hydrogen-bond acceptors (Lipinski definition) is 3. The molecule has 0 amide bonds. The lowest BCUT2D eigenvalue weighted by Crippen LogP contribution is -2.37. The summed E-state index contributed by atoms with van der Waals surface area (Å²) in [7, 11) is 2.24. The number of nitrogens with one attached hydrogen (secondary N) is 1. The average molecular weight is 202 g/mol. The van der Waals surface area contributed by atoms with Crippen molar-refractivity contribution in [3.05, 3.63) is 0 Å². The van der Waals surface area contributed by atoms with Crippen molar-refractivity contribution in [1.82, 2.24) is 10.2 Å². The van der Waals surface area contributed by atoms with E-state index in [-0.39, 0.29) is 0 Å². The van der Waals surface area contributed by atoms with Crippen molar-refractivity contribution in [3.8, 4) is 0 Å². The van der Waals surface area contributed by atoms with Crippen molar-refractivity contribution in [1.29, 1.82) is 0 Å². The summed E-state index contributed by atoms with van der Waals surface area (Å²) in [6, 6.07) is 0.733. The summed E-state index contributed by atoms with van der Waals surface area (Å²) in [6.07, 6.45) is 4.05. The van der Waals surface area contributed by atoms with Gasteiger partial charge in [0.2, 0.25) is 0 Å². The lowest BCUT2D eigenvalue weighted by molar-refractivity contribution is 0.300. The molecule has 1 rings (SSSR count). The smallest absolute Gasteiger partial charge is 0.0421 e. The van der Waals surface area contributed by atoms with Gasteiger partial charge in [-0.2, -0.15) is 0 Å². The van der Waals surface area contributed by atoms with E-state index in [0.29, 0.717) is 0 Å². The summed E-state index contributed by atoms with van der Waals surface area (Å²) in [5.74, 6) is 2.44. The van der Waals surface area contributed by atoms with Crippen LogP contribution in [0, 0.1) is 0 Å². The second-order valence-corrected chi connectivity index (χ2v) is 4.92. The second kappa shape index (κ2) is 6.68. The van der Waals surface area contributed by atoms with Crippen molar-refractivity contribution in [2.45, 2.75) is 32.2 Å². The maximum Gasteiger partial charge on any atom is 0.0421 e. The molecule has 13 heavy (non-hydrogen) atoms. The molecule has 0 aliphatic carbocycles. The molecular formula is C10H22N2S. The van der Waals surface area contributed by atoms with E-state index in [1.807, 2.05) is 11.8 Å². The van der Waals surface area contributed by atoms with Crippen molar-refractivity contribution >= 4 is 11.8 Å². The monoisotopic (exact) mass is 202 g/mol. The molecule has 0 aromatic rings. The fourth-order valence-electron chi connectivity index (χ4n) is 1.65. The standard InChI is InChI=1S/C10H22N2S/c1-3-4-5-6-12(2)7-10-8-13-9-11-10/h10-11H,3-9H2,1-2H3. The van der Waals surface area contributed by atoms with Gasteiger partial charge in [0.25, 0.3) is 0 Å². The Morgan fingerprint density at radius 1 is 1.46 bits per heavy atom. The fourth-order valence-corrected chi connectivity index (χ4v) is 2.63. The third-order valence-corrected chi connectivity index (χ3v) is 3.48. The Hall–Kier alpha value is 0.270. The Kier molecular flexibility index (Phi) is 5.83. The van der Waals surface area contributed by atoms with Crippen molar-refractivity contribution in [3.63, 3.8) is 0 Å². The predicted octanol–water partition coefficient (Wildman–Crippen LogP) is 1.77. The van der Waals surface area contributed by atoms with Crippen molar-refractivity contribution < 1.29 is 0 Å². The van der Waals surface area contributed by atoms with E-state index in [0.717, 1.165) is 11.9 Å². The molecular weight excluding hydrogens is 180 g/mol. The molecule has 2 nitrogen and oxygen atoms in total.